The van der Waals surface area contributed by atoms with E-state index < -0.39 is 13.0 Å². The van der Waals surface area contributed by atoms with E-state index in [0.717, 1.165) is 12.2 Å². The highest BCUT2D eigenvalue weighted by Crippen LogP contribution is 2.08. The van der Waals surface area contributed by atoms with Crippen LogP contribution in [0.5, 0.6) is 0 Å². The molecule has 0 saturated carbocycles. The van der Waals surface area contributed by atoms with Gasteiger partial charge in [-0.1, -0.05) is 0 Å². The highest BCUT2D eigenvalue weighted by Gasteiger charge is 2.03. The van der Waals surface area contributed by atoms with E-state index >= 15 is 0 Å². The van der Waals surface area contributed by atoms with Crippen LogP contribution in [0.4, 0.5) is 14.5 Å². The number of aromatic nitrogens is 1. The first kappa shape index (κ1) is 11.8. The number of ether oxygens (including phenoxy) is 1. The number of halogens is 2. The molecule has 1 heterocycles. The monoisotopic (exact) mass is 216 g/mol. The molecule has 0 saturated heterocycles. The summed E-state index contributed by atoms with van der Waals surface area (Å²) >= 11 is 0. The topological polar surface area (TPSA) is 34.2 Å². The van der Waals surface area contributed by atoms with Crippen molar-refractivity contribution in [3.63, 3.8) is 0 Å². The van der Waals surface area contributed by atoms with Crippen LogP contribution in [-0.4, -0.2) is 24.6 Å². The van der Waals surface area contributed by atoms with Gasteiger partial charge in [0.1, 0.15) is 6.61 Å². The van der Waals surface area contributed by atoms with E-state index in [4.69, 9.17) is 4.74 Å². The van der Waals surface area contributed by atoms with E-state index in [1.165, 1.54) is 0 Å². The fraction of sp³-hybridized carbons (Fsp3) is 0.500. The Balaban J connectivity index is 2.43. The molecule has 1 N–H and O–H groups in total. The highest BCUT2D eigenvalue weighted by molar-refractivity contribution is 5.42. The minimum absolute atomic E-state index is 0.115. The summed E-state index contributed by atoms with van der Waals surface area (Å²) in [5.74, 6) is 0. The van der Waals surface area contributed by atoms with Gasteiger partial charge in [-0.25, -0.2) is 8.78 Å². The van der Waals surface area contributed by atoms with Gasteiger partial charge in [-0.3, -0.25) is 4.98 Å². The number of pyridine rings is 1. The fourth-order valence-corrected chi connectivity index (χ4v) is 1.12. The van der Waals surface area contributed by atoms with Crippen molar-refractivity contribution >= 4 is 5.69 Å². The first-order valence-electron chi connectivity index (χ1n) is 4.77. The Morgan fingerprint density at radius 2 is 2.33 bits per heavy atom. The molecule has 15 heavy (non-hydrogen) atoms. The number of alkyl halides is 2. The van der Waals surface area contributed by atoms with Gasteiger partial charge in [-0.2, -0.15) is 0 Å². The van der Waals surface area contributed by atoms with Crippen LogP contribution in [0.3, 0.4) is 0 Å². The Labute approximate surface area is 87.5 Å². The van der Waals surface area contributed by atoms with Crippen molar-refractivity contribution in [1.82, 2.24) is 4.98 Å². The zero-order valence-corrected chi connectivity index (χ0v) is 8.54. The number of hydrogen-bond acceptors (Lipinski definition) is 3. The lowest BCUT2D eigenvalue weighted by Crippen LogP contribution is -2.05. The Morgan fingerprint density at radius 1 is 1.53 bits per heavy atom. The van der Waals surface area contributed by atoms with Crippen LogP contribution < -0.4 is 5.32 Å². The second kappa shape index (κ2) is 6.29. The SMILES string of the molecule is CCNc1ccnc(COCC(F)F)c1. The molecule has 0 aliphatic heterocycles. The first-order chi connectivity index (χ1) is 7.22. The summed E-state index contributed by atoms with van der Waals surface area (Å²) in [4.78, 5) is 4.01. The summed E-state index contributed by atoms with van der Waals surface area (Å²) < 4.78 is 28.3. The molecule has 0 fully saturated rings. The van der Waals surface area contributed by atoms with Crippen LogP contribution in [-0.2, 0) is 11.3 Å². The molecule has 0 aromatic carbocycles. The molecule has 0 aliphatic carbocycles. The predicted octanol–water partition coefficient (Wildman–Crippen LogP) is 2.30. The smallest absolute Gasteiger partial charge is 0.261 e. The third-order valence-corrected chi connectivity index (χ3v) is 1.69. The lowest BCUT2D eigenvalue weighted by Gasteiger charge is -2.06. The number of hydrogen-bond donors (Lipinski definition) is 1. The Hall–Kier alpha value is -1.23. The van der Waals surface area contributed by atoms with Gasteiger partial charge >= 0.3 is 0 Å². The molecule has 1 aromatic heterocycles. The van der Waals surface area contributed by atoms with Crippen LogP contribution in [0.15, 0.2) is 18.3 Å². The van der Waals surface area contributed by atoms with E-state index in [1.54, 1.807) is 12.3 Å². The lowest BCUT2D eigenvalue weighted by molar-refractivity contribution is 0.00885. The summed E-state index contributed by atoms with van der Waals surface area (Å²) in [6, 6.07) is 3.61. The minimum atomic E-state index is -2.43. The summed E-state index contributed by atoms with van der Waals surface area (Å²) in [5.41, 5.74) is 1.57. The van der Waals surface area contributed by atoms with E-state index in [-0.39, 0.29) is 6.61 Å². The maximum absolute atomic E-state index is 11.8. The van der Waals surface area contributed by atoms with E-state index in [9.17, 15) is 8.78 Å². The fourth-order valence-electron chi connectivity index (χ4n) is 1.12. The molecule has 0 bridgehead atoms. The van der Waals surface area contributed by atoms with Gasteiger partial charge in [0.25, 0.3) is 6.43 Å². The van der Waals surface area contributed by atoms with E-state index in [1.807, 2.05) is 13.0 Å². The average molecular weight is 216 g/mol. The highest BCUT2D eigenvalue weighted by atomic mass is 19.3. The Morgan fingerprint density at radius 3 is 3.00 bits per heavy atom. The number of anilines is 1. The summed E-state index contributed by atoms with van der Waals surface area (Å²) in [6.45, 7) is 2.35. The van der Waals surface area contributed by atoms with Crippen LogP contribution >= 0.6 is 0 Å². The Bertz CT molecular complexity index is 295. The van der Waals surface area contributed by atoms with Gasteiger partial charge in [0, 0.05) is 18.4 Å². The molecule has 0 atom stereocenters. The van der Waals surface area contributed by atoms with Crippen molar-refractivity contribution < 1.29 is 13.5 Å². The molecule has 0 aliphatic rings. The number of rotatable bonds is 6. The van der Waals surface area contributed by atoms with E-state index in [0.29, 0.717) is 5.69 Å². The van der Waals surface area contributed by atoms with Crippen molar-refractivity contribution in [2.75, 3.05) is 18.5 Å². The normalized spacial score (nSPS) is 10.7. The zero-order valence-electron chi connectivity index (χ0n) is 8.54. The Kier molecular flexibility index (Phi) is 4.97. The van der Waals surface area contributed by atoms with Gasteiger partial charge in [0.05, 0.1) is 12.3 Å². The maximum Gasteiger partial charge on any atom is 0.261 e. The predicted molar refractivity (Wildman–Crippen MR) is 54.1 cm³/mol. The van der Waals surface area contributed by atoms with Crippen LogP contribution in [0.25, 0.3) is 0 Å². The molecular weight excluding hydrogens is 202 g/mol. The summed E-state index contributed by atoms with van der Waals surface area (Å²) in [6.07, 6.45) is -0.805. The maximum atomic E-state index is 11.8. The second-order valence-electron chi connectivity index (χ2n) is 2.97. The minimum Gasteiger partial charge on any atom is -0.385 e. The molecule has 84 valence electrons. The zero-order chi connectivity index (χ0) is 11.1. The van der Waals surface area contributed by atoms with E-state index in [2.05, 4.69) is 10.3 Å². The quantitative estimate of drug-likeness (QED) is 0.792. The molecule has 1 rings (SSSR count). The second-order valence-corrected chi connectivity index (χ2v) is 2.97. The third-order valence-electron chi connectivity index (χ3n) is 1.69. The molecule has 0 spiro atoms. The molecule has 3 nitrogen and oxygen atoms in total. The largest absolute Gasteiger partial charge is 0.385 e. The number of nitrogens with zero attached hydrogens (tertiary/aromatic N) is 1. The van der Waals surface area contributed by atoms with Crippen molar-refractivity contribution in [2.45, 2.75) is 20.0 Å². The van der Waals surface area contributed by atoms with Gasteiger partial charge in [-0.05, 0) is 19.1 Å². The molecule has 1 aromatic rings. The van der Waals surface area contributed by atoms with Gasteiger partial charge in [0.15, 0.2) is 0 Å². The van der Waals surface area contributed by atoms with Crippen molar-refractivity contribution in [3.05, 3.63) is 24.0 Å². The molecule has 0 amide bonds. The molecular formula is C10H14F2N2O. The molecule has 0 radical (unpaired) electrons. The third kappa shape index (κ3) is 4.69. The first-order valence-corrected chi connectivity index (χ1v) is 4.77. The number of nitrogens with one attached hydrogen (secondary N) is 1. The van der Waals surface area contributed by atoms with Gasteiger partial charge in [-0.15, -0.1) is 0 Å². The van der Waals surface area contributed by atoms with Crippen molar-refractivity contribution in [3.8, 4) is 0 Å². The van der Waals surface area contributed by atoms with Crippen LogP contribution in [0, 0.1) is 0 Å². The van der Waals surface area contributed by atoms with Crippen LogP contribution in [0.1, 0.15) is 12.6 Å². The molecule has 0 unspecified atom stereocenters. The van der Waals surface area contributed by atoms with Gasteiger partial charge in [0.2, 0.25) is 0 Å². The van der Waals surface area contributed by atoms with Gasteiger partial charge < -0.3 is 10.1 Å². The van der Waals surface area contributed by atoms with Crippen LogP contribution in [0.2, 0.25) is 0 Å². The summed E-state index contributed by atoms with van der Waals surface area (Å²) in [5, 5.41) is 3.10. The standard InChI is InChI=1S/C10H14F2N2O/c1-2-13-8-3-4-14-9(5-8)6-15-7-10(11)12/h3-5,10H,2,6-7H2,1H3,(H,13,14). The lowest BCUT2D eigenvalue weighted by atomic mass is 10.3. The average Bonchev–Trinajstić information content (AvgIpc) is 2.18. The van der Waals surface area contributed by atoms with Crippen molar-refractivity contribution in [1.29, 1.82) is 0 Å². The van der Waals surface area contributed by atoms with Crippen molar-refractivity contribution in [2.24, 2.45) is 0 Å². The molecule has 5 heteroatoms. The summed E-state index contributed by atoms with van der Waals surface area (Å²) in [7, 11) is 0.